The summed E-state index contributed by atoms with van der Waals surface area (Å²) < 4.78 is 1.54. The van der Waals surface area contributed by atoms with E-state index in [1.165, 1.54) is 33.5 Å². The lowest BCUT2D eigenvalue weighted by atomic mass is 10.2. The van der Waals surface area contributed by atoms with Gasteiger partial charge in [0.1, 0.15) is 15.9 Å². The Kier molecular flexibility index (Phi) is 5.59. The van der Waals surface area contributed by atoms with Crippen LogP contribution < -0.4 is 5.01 Å². The first kappa shape index (κ1) is 19.7. The minimum absolute atomic E-state index is 0.0354. The lowest BCUT2D eigenvalue weighted by Gasteiger charge is -2.22. The van der Waals surface area contributed by atoms with Gasteiger partial charge in [-0.25, -0.2) is 4.98 Å². The van der Waals surface area contributed by atoms with Gasteiger partial charge in [-0.3, -0.25) is 24.3 Å². The number of amides is 1. The van der Waals surface area contributed by atoms with Crippen LogP contribution in [0.1, 0.15) is 49.8 Å². The fraction of sp³-hybridized carbons (Fsp3) is 0.333. The van der Waals surface area contributed by atoms with Crippen molar-refractivity contribution < 1.29 is 14.5 Å². The molecule has 0 spiro atoms. The van der Waals surface area contributed by atoms with Crippen LogP contribution in [-0.2, 0) is 11.2 Å². The summed E-state index contributed by atoms with van der Waals surface area (Å²) >= 11 is 1.23. The van der Waals surface area contributed by atoms with Gasteiger partial charge in [-0.05, 0) is 23.9 Å². The number of aromatic nitrogens is 2. The van der Waals surface area contributed by atoms with Crippen molar-refractivity contribution in [3.05, 3.63) is 45.8 Å². The second-order valence-corrected chi connectivity index (χ2v) is 6.94. The molecule has 1 aliphatic rings. The number of nitro groups is 1. The van der Waals surface area contributed by atoms with E-state index in [1.54, 1.807) is 26.0 Å². The SMILES string of the molecule is CCC(=O)N1N=C(c2ccc([N+](=O)[O-])cc2)Sc2c1nc(CC)n2C(=O)CC. The average molecular weight is 401 g/mol. The number of nitro benzene ring substituents is 1. The van der Waals surface area contributed by atoms with Gasteiger partial charge in [0.2, 0.25) is 11.8 Å². The molecule has 0 saturated carbocycles. The molecule has 0 bridgehead atoms. The molecule has 0 radical (unpaired) electrons. The van der Waals surface area contributed by atoms with Crippen LogP contribution in [0.5, 0.6) is 0 Å². The van der Waals surface area contributed by atoms with E-state index in [-0.39, 0.29) is 23.9 Å². The van der Waals surface area contributed by atoms with Crippen molar-refractivity contribution in [1.82, 2.24) is 9.55 Å². The summed E-state index contributed by atoms with van der Waals surface area (Å²) in [6.07, 6.45) is 1.04. The van der Waals surface area contributed by atoms with Crippen LogP contribution >= 0.6 is 11.8 Å². The quantitative estimate of drug-likeness (QED) is 0.559. The zero-order chi connectivity index (χ0) is 20.4. The first-order valence-corrected chi connectivity index (χ1v) is 9.71. The number of hydrogen-bond donors (Lipinski definition) is 0. The number of benzene rings is 1. The van der Waals surface area contributed by atoms with Crippen molar-refractivity contribution >= 4 is 40.1 Å². The molecule has 1 aliphatic heterocycles. The van der Waals surface area contributed by atoms with E-state index >= 15 is 0 Å². The molecular weight excluding hydrogens is 382 g/mol. The van der Waals surface area contributed by atoms with Gasteiger partial charge >= 0.3 is 0 Å². The number of aryl methyl sites for hydroxylation is 1. The number of carbonyl (C=O) groups is 2. The minimum Gasteiger partial charge on any atom is -0.274 e. The number of carbonyl (C=O) groups excluding carboxylic acids is 2. The minimum atomic E-state index is -0.479. The number of non-ortho nitro benzene ring substituents is 1. The van der Waals surface area contributed by atoms with Gasteiger partial charge in [0.05, 0.1) is 4.92 Å². The van der Waals surface area contributed by atoms with E-state index in [0.717, 1.165) is 0 Å². The second kappa shape index (κ2) is 7.93. The number of thioether (sulfide) groups is 1. The van der Waals surface area contributed by atoms with Gasteiger partial charge in [0.15, 0.2) is 5.82 Å². The highest BCUT2D eigenvalue weighted by Crippen LogP contribution is 2.39. The molecule has 0 aliphatic carbocycles. The Labute approximate surface area is 165 Å². The maximum absolute atomic E-state index is 12.5. The number of nitrogens with zero attached hydrogens (tertiary/aromatic N) is 5. The monoisotopic (exact) mass is 401 g/mol. The lowest BCUT2D eigenvalue weighted by molar-refractivity contribution is -0.384. The highest BCUT2D eigenvalue weighted by Gasteiger charge is 2.33. The Morgan fingerprint density at radius 2 is 1.75 bits per heavy atom. The zero-order valence-electron chi connectivity index (χ0n) is 15.7. The van der Waals surface area contributed by atoms with Gasteiger partial charge in [-0.1, -0.05) is 20.8 Å². The molecule has 0 fully saturated rings. The van der Waals surface area contributed by atoms with Crippen molar-refractivity contribution in [2.24, 2.45) is 5.10 Å². The van der Waals surface area contributed by atoms with E-state index in [0.29, 0.717) is 40.1 Å². The van der Waals surface area contributed by atoms with Crippen molar-refractivity contribution in [1.29, 1.82) is 0 Å². The molecular formula is C18H19N5O4S. The summed E-state index contributed by atoms with van der Waals surface area (Å²) in [5, 5.41) is 17.5. The first-order valence-electron chi connectivity index (χ1n) is 8.90. The third-order valence-electron chi connectivity index (χ3n) is 4.20. The van der Waals surface area contributed by atoms with Gasteiger partial charge in [-0.15, -0.1) is 0 Å². The van der Waals surface area contributed by atoms with E-state index in [4.69, 9.17) is 0 Å². The topological polar surface area (TPSA) is 111 Å². The molecule has 0 atom stereocenters. The predicted molar refractivity (Wildman–Crippen MR) is 106 cm³/mol. The highest BCUT2D eigenvalue weighted by molar-refractivity contribution is 8.14. The number of anilines is 1. The van der Waals surface area contributed by atoms with Crippen LogP contribution in [0.4, 0.5) is 11.5 Å². The largest absolute Gasteiger partial charge is 0.274 e. The van der Waals surface area contributed by atoms with Gasteiger partial charge in [-0.2, -0.15) is 10.1 Å². The van der Waals surface area contributed by atoms with Crippen molar-refractivity contribution in [3.8, 4) is 0 Å². The predicted octanol–water partition coefficient (Wildman–Crippen LogP) is 3.61. The third-order valence-corrected chi connectivity index (χ3v) is 5.27. The standard InChI is InChI=1S/C18H19N5O4S/c1-4-13-19-16-18(21(13)14(24)5-2)28-17(20-22(16)15(25)6-3)11-7-9-12(10-8-11)23(26)27/h7-10H,4-6H2,1-3H3. The highest BCUT2D eigenvalue weighted by atomic mass is 32.2. The number of fused-ring (bicyclic) bond motifs is 1. The molecule has 0 N–H and O–H groups in total. The maximum Gasteiger partial charge on any atom is 0.269 e. The van der Waals surface area contributed by atoms with Crippen LogP contribution in [0.15, 0.2) is 34.4 Å². The summed E-state index contributed by atoms with van der Waals surface area (Å²) in [4.78, 5) is 39.9. The van der Waals surface area contributed by atoms with Gasteiger partial charge in [0, 0.05) is 37.0 Å². The fourth-order valence-corrected chi connectivity index (χ4v) is 3.82. The maximum atomic E-state index is 12.5. The summed E-state index contributed by atoms with van der Waals surface area (Å²) in [6.45, 7) is 5.38. The van der Waals surface area contributed by atoms with Crippen LogP contribution in [-0.4, -0.2) is 31.3 Å². The molecule has 0 saturated heterocycles. The molecule has 10 heteroatoms. The molecule has 1 aromatic heterocycles. The molecule has 9 nitrogen and oxygen atoms in total. The van der Waals surface area contributed by atoms with Crippen molar-refractivity contribution in [2.75, 3.05) is 5.01 Å². The Morgan fingerprint density at radius 3 is 2.29 bits per heavy atom. The Hall–Kier alpha value is -3.01. The summed E-state index contributed by atoms with van der Waals surface area (Å²) in [7, 11) is 0. The Balaban J connectivity index is 2.12. The van der Waals surface area contributed by atoms with E-state index in [9.17, 15) is 19.7 Å². The Bertz CT molecular complexity index is 981. The molecule has 1 amide bonds. The third kappa shape index (κ3) is 3.42. The number of hydrazone groups is 1. The van der Waals surface area contributed by atoms with Crippen LogP contribution in [0.3, 0.4) is 0 Å². The van der Waals surface area contributed by atoms with E-state index in [2.05, 4.69) is 10.1 Å². The van der Waals surface area contributed by atoms with Gasteiger partial charge in [0.25, 0.3) is 5.69 Å². The molecule has 28 heavy (non-hydrogen) atoms. The molecule has 0 unspecified atom stereocenters. The van der Waals surface area contributed by atoms with E-state index in [1.807, 2.05) is 6.92 Å². The molecule has 2 heterocycles. The molecule has 2 aromatic rings. The van der Waals surface area contributed by atoms with Crippen molar-refractivity contribution in [3.63, 3.8) is 0 Å². The van der Waals surface area contributed by atoms with Crippen LogP contribution in [0, 0.1) is 10.1 Å². The summed E-state index contributed by atoms with van der Waals surface area (Å²) in [6, 6.07) is 5.91. The first-order chi connectivity index (χ1) is 13.4. The normalized spacial score (nSPS) is 13.1. The second-order valence-electron chi connectivity index (χ2n) is 5.96. The van der Waals surface area contributed by atoms with Crippen LogP contribution in [0.25, 0.3) is 0 Å². The number of hydrogen-bond acceptors (Lipinski definition) is 7. The molecule has 3 rings (SSSR count). The molecule has 146 valence electrons. The average Bonchev–Trinajstić information content (AvgIpc) is 3.10. The fourth-order valence-electron chi connectivity index (χ4n) is 2.74. The van der Waals surface area contributed by atoms with Crippen molar-refractivity contribution in [2.45, 2.75) is 45.1 Å². The van der Waals surface area contributed by atoms with Gasteiger partial charge < -0.3 is 0 Å². The smallest absolute Gasteiger partial charge is 0.269 e. The number of imidazole rings is 1. The summed E-state index contributed by atoms with van der Waals surface area (Å²) in [5.41, 5.74) is 0.580. The van der Waals surface area contributed by atoms with Crippen LogP contribution in [0.2, 0.25) is 0 Å². The number of rotatable bonds is 5. The Morgan fingerprint density at radius 1 is 1.11 bits per heavy atom. The lowest BCUT2D eigenvalue weighted by Crippen LogP contribution is -2.29. The van der Waals surface area contributed by atoms with E-state index < -0.39 is 4.92 Å². The summed E-state index contributed by atoms with van der Waals surface area (Å²) in [5.74, 6) is 0.545. The zero-order valence-corrected chi connectivity index (χ0v) is 16.5. The molecule has 1 aromatic carbocycles.